The standard InChI is InChI=1S/C7H8O4S.Li/c1-2-6(10)11-7(12)4-3-5(8)9;/h2H,1,3-4H2,(H,8,9);/q;+1/p-1. The molecule has 0 heterocycles. The number of hydrogen-bond donors (Lipinski definition) is 0. The van der Waals surface area contributed by atoms with Crippen molar-refractivity contribution in [3.05, 3.63) is 12.7 Å². The van der Waals surface area contributed by atoms with Crippen molar-refractivity contribution >= 4 is 29.2 Å². The fraction of sp³-hybridized carbons (Fsp3) is 0.286. The number of carboxylic acids is 1. The van der Waals surface area contributed by atoms with Crippen molar-refractivity contribution in [1.82, 2.24) is 0 Å². The Bertz CT molecular complexity index is 227. The van der Waals surface area contributed by atoms with Gasteiger partial charge in [0, 0.05) is 18.5 Å². The van der Waals surface area contributed by atoms with E-state index in [1.807, 2.05) is 0 Å². The molecule has 0 bridgehead atoms. The normalized spacial score (nSPS) is 8.00. The summed E-state index contributed by atoms with van der Waals surface area (Å²) in [6.45, 7) is 3.15. The number of rotatable bonds is 4. The van der Waals surface area contributed by atoms with Gasteiger partial charge in [-0.1, -0.05) is 6.58 Å². The maximum Gasteiger partial charge on any atom is 1.00 e. The second-order valence-corrected chi connectivity index (χ2v) is 2.32. The first-order chi connectivity index (χ1) is 5.56. The van der Waals surface area contributed by atoms with Crippen LogP contribution < -0.4 is 24.0 Å². The van der Waals surface area contributed by atoms with Gasteiger partial charge < -0.3 is 14.6 Å². The summed E-state index contributed by atoms with van der Waals surface area (Å²) in [5.41, 5.74) is 0. The molecule has 0 aliphatic heterocycles. The van der Waals surface area contributed by atoms with Crippen LogP contribution in [0, 0.1) is 0 Å². The van der Waals surface area contributed by atoms with Gasteiger partial charge in [0.2, 0.25) is 0 Å². The predicted molar refractivity (Wildman–Crippen MR) is 43.1 cm³/mol. The Labute approximate surface area is 93.1 Å². The Morgan fingerprint density at radius 1 is 1.46 bits per heavy atom. The number of carboxylic acid groups (broad SMARTS) is 1. The Morgan fingerprint density at radius 2 is 2.00 bits per heavy atom. The fourth-order valence-electron chi connectivity index (χ4n) is 0.409. The Balaban J connectivity index is 0. The van der Waals surface area contributed by atoms with E-state index in [4.69, 9.17) is 0 Å². The molecule has 0 aromatic heterocycles. The summed E-state index contributed by atoms with van der Waals surface area (Å²) in [5.74, 6) is -1.91. The molecule has 0 rings (SSSR count). The third kappa shape index (κ3) is 9.28. The maximum atomic E-state index is 10.5. The predicted octanol–water partition coefficient (Wildman–Crippen LogP) is -3.42. The summed E-state index contributed by atoms with van der Waals surface area (Å²) in [4.78, 5) is 20.4. The topological polar surface area (TPSA) is 66.4 Å². The van der Waals surface area contributed by atoms with Crippen LogP contribution in [0.25, 0.3) is 0 Å². The number of hydrogen-bond acceptors (Lipinski definition) is 5. The van der Waals surface area contributed by atoms with Gasteiger partial charge in [-0.25, -0.2) is 4.79 Å². The first kappa shape index (κ1) is 14.9. The molecule has 66 valence electrons. The SMILES string of the molecule is C=CC(=O)OC(=S)CCC(=O)[O-].[Li+]. The van der Waals surface area contributed by atoms with Crippen LogP contribution in [0.3, 0.4) is 0 Å². The molecular weight excluding hydrogens is 187 g/mol. The van der Waals surface area contributed by atoms with Crippen LogP contribution in [-0.4, -0.2) is 17.0 Å². The first-order valence-electron chi connectivity index (χ1n) is 3.13. The minimum absolute atomic E-state index is 0. The fourth-order valence-corrected chi connectivity index (χ4v) is 0.593. The van der Waals surface area contributed by atoms with Crippen LogP contribution in [0.5, 0.6) is 0 Å². The minimum Gasteiger partial charge on any atom is -0.550 e. The molecule has 0 radical (unpaired) electrons. The average molecular weight is 194 g/mol. The monoisotopic (exact) mass is 194 g/mol. The molecule has 0 aliphatic rings. The van der Waals surface area contributed by atoms with E-state index >= 15 is 0 Å². The number of esters is 1. The van der Waals surface area contributed by atoms with Crippen molar-refractivity contribution < 1.29 is 38.3 Å². The number of carbonyl (C=O) groups is 2. The second kappa shape index (κ2) is 7.99. The van der Waals surface area contributed by atoms with E-state index in [0.29, 0.717) is 0 Å². The quantitative estimate of drug-likeness (QED) is 0.202. The van der Waals surface area contributed by atoms with Crippen molar-refractivity contribution in [3.63, 3.8) is 0 Å². The third-order valence-corrected chi connectivity index (χ3v) is 1.20. The number of ether oxygens (including phenoxy) is 1. The molecule has 0 saturated carbocycles. The number of carbonyl (C=O) groups excluding carboxylic acids is 2. The summed E-state index contributed by atoms with van der Waals surface area (Å²) in [5, 5.41) is 9.86. The number of thiocarbonyl (C=S) groups is 1. The molecule has 0 N–H and O–H groups in total. The third-order valence-electron chi connectivity index (χ3n) is 0.914. The molecule has 13 heavy (non-hydrogen) atoms. The summed E-state index contributed by atoms with van der Waals surface area (Å²) in [6, 6.07) is 0. The summed E-state index contributed by atoms with van der Waals surface area (Å²) in [7, 11) is 0. The van der Waals surface area contributed by atoms with Gasteiger partial charge >= 0.3 is 24.8 Å². The number of aliphatic carboxylic acids is 1. The van der Waals surface area contributed by atoms with Crippen LogP contribution in [0.2, 0.25) is 0 Å². The largest absolute Gasteiger partial charge is 1.00 e. The van der Waals surface area contributed by atoms with E-state index in [2.05, 4.69) is 23.5 Å². The first-order valence-corrected chi connectivity index (χ1v) is 3.54. The van der Waals surface area contributed by atoms with Gasteiger partial charge in [0.1, 0.15) is 0 Å². The molecule has 0 aliphatic carbocycles. The van der Waals surface area contributed by atoms with Crippen LogP contribution in [0.1, 0.15) is 12.8 Å². The second-order valence-electron chi connectivity index (χ2n) is 1.87. The van der Waals surface area contributed by atoms with Gasteiger partial charge in [0.25, 0.3) is 0 Å². The van der Waals surface area contributed by atoms with Gasteiger partial charge in [0.15, 0.2) is 5.05 Å². The van der Waals surface area contributed by atoms with Gasteiger partial charge in [-0.2, -0.15) is 0 Å². The summed E-state index contributed by atoms with van der Waals surface area (Å²) in [6.07, 6.45) is 0.700. The van der Waals surface area contributed by atoms with Gasteiger partial charge in [-0.05, 0) is 18.6 Å². The maximum absolute atomic E-state index is 10.5. The van der Waals surface area contributed by atoms with Gasteiger partial charge in [-0.15, -0.1) is 0 Å². The van der Waals surface area contributed by atoms with Crippen molar-refractivity contribution in [2.75, 3.05) is 0 Å². The molecule has 0 amide bonds. The van der Waals surface area contributed by atoms with Crippen molar-refractivity contribution in [3.8, 4) is 0 Å². The average Bonchev–Trinajstić information content (AvgIpc) is 2.00. The van der Waals surface area contributed by atoms with Crippen molar-refractivity contribution in [2.24, 2.45) is 0 Å². The van der Waals surface area contributed by atoms with E-state index in [1.165, 1.54) is 0 Å². The molecule has 6 heteroatoms. The van der Waals surface area contributed by atoms with Gasteiger partial charge in [0.05, 0.1) is 0 Å². The van der Waals surface area contributed by atoms with E-state index in [1.54, 1.807) is 0 Å². The molecule has 4 nitrogen and oxygen atoms in total. The van der Waals surface area contributed by atoms with E-state index < -0.39 is 11.9 Å². The molecule has 0 fully saturated rings. The van der Waals surface area contributed by atoms with E-state index in [9.17, 15) is 14.7 Å². The molecule has 0 atom stereocenters. The summed E-state index contributed by atoms with van der Waals surface area (Å²) >= 11 is 4.53. The van der Waals surface area contributed by atoms with Crippen LogP contribution in [0.4, 0.5) is 0 Å². The van der Waals surface area contributed by atoms with Crippen LogP contribution in [-0.2, 0) is 14.3 Å². The zero-order valence-electron chi connectivity index (χ0n) is 7.24. The Kier molecular flexibility index (Phi) is 9.14. The zero-order valence-corrected chi connectivity index (χ0v) is 8.06. The minimum atomic E-state index is -1.23. The Hall–Kier alpha value is -0.633. The van der Waals surface area contributed by atoms with E-state index in [0.717, 1.165) is 6.08 Å². The molecule has 0 aromatic rings. The molecular formula is C7H7LiO4S. The smallest absolute Gasteiger partial charge is 0.550 e. The van der Waals surface area contributed by atoms with Gasteiger partial charge in [-0.3, -0.25) is 0 Å². The molecule has 0 saturated heterocycles. The zero-order chi connectivity index (χ0) is 9.56. The van der Waals surface area contributed by atoms with Crippen molar-refractivity contribution in [2.45, 2.75) is 12.8 Å². The summed E-state index contributed by atoms with van der Waals surface area (Å²) < 4.78 is 4.43. The van der Waals surface area contributed by atoms with Crippen LogP contribution in [0.15, 0.2) is 12.7 Å². The molecule has 0 unspecified atom stereocenters. The van der Waals surface area contributed by atoms with Crippen LogP contribution >= 0.6 is 12.2 Å². The Morgan fingerprint density at radius 3 is 2.38 bits per heavy atom. The molecule has 0 aromatic carbocycles. The molecule has 0 spiro atoms. The van der Waals surface area contributed by atoms with Crippen molar-refractivity contribution in [1.29, 1.82) is 0 Å². The van der Waals surface area contributed by atoms with E-state index in [-0.39, 0.29) is 36.8 Å².